The van der Waals surface area contributed by atoms with Crippen molar-refractivity contribution in [1.82, 2.24) is 9.80 Å². The van der Waals surface area contributed by atoms with Crippen LogP contribution in [-0.4, -0.2) is 47.9 Å². The van der Waals surface area contributed by atoms with E-state index in [1.165, 1.54) is 5.56 Å². The van der Waals surface area contributed by atoms with E-state index in [0.717, 1.165) is 23.1 Å². The van der Waals surface area contributed by atoms with E-state index in [0.29, 0.717) is 24.4 Å². The Labute approximate surface area is 202 Å². The van der Waals surface area contributed by atoms with Crippen molar-refractivity contribution >= 4 is 11.8 Å². The van der Waals surface area contributed by atoms with Gasteiger partial charge in [0.25, 0.3) is 11.8 Å². The quantitative estimate of drug-likeness (QED) is 0.523. The van der Waals surface area contributed by atoms with Crippen molar-refractivity contribution in [2.24, 2.45) is 0 Å². The standard InChI is InChI=1S/C29H32N2O3/c1-5-30(4)28(32)21(3)34-25-15-14-22-16-17-31(29(33)23-11-7-6-8-12-23)27(26(22)19-25)24-13-9-10-20(2)18-24/h6-15,18-19,21,27H,5,16-17H2,1-4H3. The second kappa shape index (κ2) is 10.1. The van der Waals surface area contributed by atoms with Crippen molar-refractivity contribution in [2.75, 3.05) is 20.1 Å². The molecule has 1 aliphatic rings. The number of nitrogens with zero attached hydrogens (tertiary/aromatic N) is 2. The van der Waals surface area contributed by atoms with Gasteiger partial charge >= 0.3 is 0 Å². The van der Waals surface area contributed by atoms with E-state index in [4.69, 9.17) is 4.74 Å². The second-order valence-corrected chi connectivity index (χ2v) is 8.90. The third-order valence-electron chi connectivity index (χ3n) is 6.50. The molecule has 0 aromatic heterocycles. The number of aryl methyl sites for hydroxylation is 1. The van der Waals surface area contributed by atoms with Crippen LogP contribution in [0.25, 0.3) is 0 Å². The molecule has 0 radical (unpaired) electrons. The monoisotopic (exact) mass is 456 g/mol. The molecule has 0 fully saturated rings. The number of carbonyl (C=O) groups is 2. The van der Waals surface area contributed by atoms with Gasteiger partial charge in [0.1, 0.15) is 5.75 Å². The summed E-state index contributed by atoms with van der Waals surface area (Å²) in [6.07, 6.45) is 0.176. The summed E-state index contributed by atoms with van der Waals surface area (Å²) in [7, 11) is 1.77. The lowest BCUT2D eigenvalue weighted by Gasteiger charge is -2.38. The molecule has 2 unspecified atom stereocenters. The molecule has 4 rings (SSSR count). The predicted molar refractivity (Wildman–Crippen MR) is 134 cm³/mol. The Morgan fingerprint density at radius 3 is 2.53 bits per heavy atom. The van der Waals surface area contributed by atoms with Gasteiger partial charge in [0.15, 0.2) is 6.10 Å². The van der Waals surface area contributed by atoms with Gasteiger partial charge in [-0.25, -0.2) is 0 Å². The number of rotatable bonds is 6. The van der Waals surface area contributed by atoms with Crippen LogP contribution in [0.3, 0.4) is 0 Å². The number of ether oxygens (including phenoxy) is 1. The highest BCUT2D eigenvalue weighted by Gasteiger charge is 2.33. The molecule has 5 nitrogen and oxygen atoms in total. The van der Waals surface area contributed by atoms with Crippen LogP contribution in [0.2, 0.25) is 0 Å². The summed E-state index contributed by atoms with van der Waals surface area (Å²) in [5.74, 6) is 0.587. The molecular weight excluding hydrogens is 424 g/mol. The summed E-state index contributed by atoms with van der Waals surface area (Å²) in [6, 6.07) is 23.5. The van der Waals surface area contributed by atoms with Crippen molar-refractivity contribution in [3.8, 4) is 5.75 Å². The minimum absolute atomic E-state index is 0.0113. The molecule has 0 saturated heterocycles. The van der Waals surface area contributed by atoms with Gasteiger partial charge in [0.05, 0.1) is 6.04 Å². The highest BCUT2D eigenvalue weighted by Crippen LogP contribution is 2.38. The number of hydrogen-bond donors (Lipinski definition) is 0. The lowest BCUT2D eigenvalue weighted by Crippen LogP contribution is -2.41. The van der Waals surface area contributed by atoms with Crippen LogP contribution in [0.4, 0.5) is 0 Å². The SMILES string of the molecule is CCN(C)C(=O)C(C)Oc1ccc2c(c1)C(c1cccc(C)c1)N(C(=O)c1ccccc1)CC2. The fourth-order valence-corrected chi connectivity index (χ4v) is 4.55. The van der Waals surface area contributed by atoms with Crippen LogP contribution in [0, 0.1) is 6.92 Å². The molecule has 0 spiro atoms. The molecule has 3 aromatic carbocycles. The van der Waals surface area contributed by atoms with Crippen molar-refractivity contribution < 1.29 is 14.3 Å². The Kier molecular flexibility index (Phi) is 7.01. The van der Waals surface area contributed by atoms with Gasteiger partial charge in [-0.1, -0.05) is 54.1 Å². The minimum atomic E-state index is -0.592. The molecule has 2 atom stereocenters. The zero-order chi connectivity index (χ0) is 24.2. The average molecular weight is 457 g/mol. The van der Waals surface area contributed by atoms with E-state index >= 15 is 0 Å². The largest absolute Gasteiger partial charge is 0.481 e. The molecule has 1 heterocycles. The van der Waals surface area contributed by atoms with E-state index in [-0.39, 0.29) is 17.9 Å². The number of amides is 2. The molecule has 5 heteroatoms. The molecule has 0 N–H and O–H groups in total. The second-order valence-electron chi connectivity index (χ2n) is 8.90. The highest BCUT2D eigenvalue weighted by atomic mass is 16.5. The summed E-state index contributed by atoms with van der Waals surface area (Å²) < 4.78 is 6.06. The van der Waals surface area contributed by atoms with Gasteiger partial charge in [0.2, 0.25) is 0 Å². The maximum atomic E-state index is 13.6. The Hall–Kier alpha value is -3.60. The fourth-order valence-electron chi connectivity index (χ4n) is 4.55. The van der Waals surface area contributed by atoms with Crippen molar-refractivity contribution in [1.29, 1.82) is 0 Å². The highest BCUT2D eigenvalue weighted by molar-refractivity contribution is 5.95. The van der Waals surface area contributed by atoms with E-state index in [2.05, 4.69) is 31.2 Å². The van der Waals surface area contributed by atoms with E-state index < -0.39 is 6.10 Å². The summed E-state index contributed by atoms with van der Waals surface area (Å²) >= 11 is 0. The van der Waals surface area contributed by atoms with E-state index in [1.807, 2.05) is 60.4 Å². The fraction of sp³-hybridized carbons (Fsp3) is 0.310. The molecule has 176 valence electrons. The number of hydrogen-bond acceptors (Lipinski definition) is 3. The van der Waals surface area contributed by atoms with Crippen LogP contribution >= 0.6 is 0 Å². The summed E-state index contributed by atoms with van der Waals surface area (Å²) in [4.78, 5) is 29.7. The predicted octanol–water partition coefficient (Wildman–Crippen LogP) is 5.03. The molecular formula is C29H32N2O3. The lowest BCUT2D eigenvalue weighted by atomic mass is 9.87. The first kappa shape index (κ1) is 23.6. The molecule has 0 bridgehead atoms. The lowest BCUT2D eigenvalue weighted by molar-refractivity contribution is -0.136. The molecule has 0 aliphatic carbocycles. The topological polar surface area (TPSA) is 49.9 Å². The first-order valence-corrected chi connectivity index (χ1v) is 11.9. The van der Waals surface area contributed by atoms with Crippen LogP contribution in [-0.2, 0) is 11.2 Å². The normalized spacial score (nSPS) is 15.9. The van der Waals surface area contributed by atoms with Gasteiger partial charge in [-0.05, 0) is 68.1 Å². The Balaban J connectivity index is 1.73. The summed E-state index contributed by atoms with van der Waals surface area (Å²) in [5.41, 5.74) is 5.13. The van der Waals surface area contributed by atoms with Crippen LogP contribution in [0.5, 0.6) is 5.75 Å². The first-order chi connectivity index (χ1) is 16.4. The van der Waals surface area contributed by atoms with Gasteiger partial charge in [0, 0.05) is 25.7 Å². The van der Waals surface area contributed by atoms with Gasteiger partial charge in [-0.3, -0.25) is 9.59 Å². The third kappa shape index (κ3) is 4.84. The first-order valence-electron chi connectivity index (χ1n) is 11.9. The number of carbonyl (C=O) groups excluding carboxylic acids is 2. The van der Waals surface area contributed by atoms with Crippen LogP contribution < -0.4 is 4.74 Å². The minimum Gasteiger partial charge on any atom is -0.481 e. The molecule has 1 aliphatic heterocycles. The number of benzene rings is 3. The van der Waals surface area contributed by atoms with Gasteiger partial charge in [-0.15, -0.1) is 0 Å². The average Bonchev–Trinajstić information content (AvgIpc) is 2.87. The van der Waals surface area contributed by atoms with Crippen molar-refractivity contribution in [3.63, 3.8) is 0 Å². The summed E-state index contributed by atoms with van der Waals surface area (Å²) in [5, 5.41) is 0. The number of fused-ring (bicyclic) bond motifs is 1. The zero-order valence-corrected chi connectivity index (χ0v) is 20.3. The maximum absolute atomic E-state index is 13.6. The van der Waals surface area contributed by atoms with E-state index in [9.17, 15) is 9.59 Å². The van der Waals surface area contributed by atoms with Gasteiger partial charge in [-0.2, -0.15) is 0 Å². The van der Waals surface area contributed by atoms with Crippen LogP contribution in [0.15, 0.2) is 72.8 Å². The Morgan fingerprint density at radius 2 is 1.82 bits per heavy atom. The van der Waals surface area contributed by atoms with E-state index in [1.54, 1.807) is 18.9 Å². The van der Waals surface area contributed by atoms with Crippen LogP contribution in [0.1, 0.15) is 52.5 Å². The molecule has 2 amide bonds. The smallest absolute Gasteiger partial charge is 0.263 e. The Morgan fingerprint density at radius 1 is 1.06 bits per heavy atom. The molecule has 0 saturated carbocycles. The molecule has 3 aromatic rings. The maximum Gasteiger partial charge on any atom is 0.263 e. The van der Waals surface area contributed by atoms with Crippen molar-refractivity contribution in [3.05, 3.63) is 101 Å². The summed E-state index contributed by atoms with van der Waals surface area (Å²) in [6.45, 7) is 7.04. The third-order valence-corrected chi connectivity index (χ3v) is 6.50. The molecule has 34 heavy (non-hydrogen) atoms. The van der Waals surface area contributed by atoms with Crippen molar-refractivity contribution in [2.45, 2.75) is 39.3 Å². The number of likely N-dealkylation sites (N-methyl/N-ethyl adjacent to an activating group) is 1. The Bertz CT molecular complexity index is 1180. The van der Waals surface area contributed by atoms with Gasteiger partial charge < -0.3 is 14.5 Å². The zero-order valence-electron chi connectivity index (χ0n) is 20.3.